The fourth-order valence-electron chi connectivity index (χ4n) is 1.90. The Bertz CT molecular complexity index is 365. The molecule has 6 heteroatoms. The van der Waals surface area contributed by atoms with Crippen LogP contribution in [-0.4, -0.2) is 42.2 Å². The Morgan fingerprint density at radius 2 is 2.06 bits per heavy atom. The molecule has 1 unspecified atom stereocenters. The SMILES string of the molecule is NC(=O)NC(c1ccncc1)N1CCOCC1. The summed E-state index contributed by atoms with van der Waals surface area (Å²) in [5, 5.41) is 2.75. The molecule has 1 fully saturated rings. The molecule has 0 aliphatic carbocycles. The van der Waals surface area contributed by atoms with E-state index in [9.17, 15) is 4.79 Å². The van der Waals surface area contributed by atoms with E-state index < -0.39 is 6.03 Å². The molecule has 1 aliphatic rings. The minimum Gasteiger partial charge on any atom is -0.379 e. The Morgan fingerprint density at radius 1 is 1.41 bits per heavy atom. The van der Waals surface area contributed by atoms with E-state index in [4.69, 9.17) is 10.5 Å². The van der Waals surface area contributed by atoms with E-state index in [2.05, 4.69) is 15.2 Å². The Hall–Kier alpha value is -1.66. The summed E-state index contributed by atoms with van der Waals surface area (Å²) in [7, 11) is 0. The number of carbonyl (C=O) groups excluding carboxylic acids is 1. The minimum absolute atomic E-state index is 0.209. The average Bonchev–Trinajstić information content (AvgIpc) is 2.38. The van der Waals surface area contributed by atoms with E-state index in [1.165, 1.54) is 0 Å². The zero-order valence-corrected chi connectivity index (χ0v) is 9.50. The highest BCUT2D eigenvalue weighted by atomic mass is 16.5. The van der Waals surface area contributed by atoms with Crippen LogP contribution >= 0.6 is 0 Å². The number of hydrogen-bond donors (Lipinski definition) is 2. The second kappa shape index (κ2) is 5.60. The summed E-state index contributed by atoms with van der Waals surface area (Å²) in [5.41, 5.74) is 6.19. The lowest BCUT2D eigenvalue weighted by Crippen LogP contribution is -2.47. The molecule has 6 nitrogen and oxygen atoms in total. The van der Waals surface area contributed by atoms with E-state index in [-0.39, 0.29) is 6.17 Å². The van der Waals surface area contributed by atoms with Crippen LogP contribution in [0.25, 0.3) is 0 Å². The van der Waals surface area contributed by atoms with Gasteiger partial charge in [-0.25, -0.2) is 4.79 Å². The van der Waals surface area contributed by atoms with Crippen LogP contribution in [0.2, 0.25) is 0 Å². The number of nitrogens with two attached hydrogens (primary N) is 1. The van der Waals surface area contributed by atoms with Crippen LogP contribution in [0.15, 0.2) is 24.5 Å². The molecule has 0 spiro atoms. The first-order valence-electron chi connectivity index (χ1n) is 5.55. The first-order chi connectivity index (χ1) is 8.27. The number of ether oxygens (including phenoxy) is 1. The molecule has 1 aliphatic heterocycles. The normalized spacial score (nSPS) is 18.6. The monoisotopic (exact) mass is 236 g/mol. The van der Waals surface area contributed by atoms with Gasteiger partial charge in [0.15, 0.2) is 0 Å². The zero-order valence-electron chi connectivity index (χ0n) is 9.50. The van der Waals surface area contributed by atoms with Crippen molar-refractivity contribution >= 4 is 6.03 Å². The fourth-order valence-corrected chi connectivity index (χ4v) is 1.90. The number of amides is 2. The van der Waals surface area contributed by atoms with Crippen LogP contribution in [0, 0.1) is 0 Å². The molecule has 92 valence electrons. The van der Waals surface area contributed by atoms with Crippen LogP contribution in [-0.2, 0) is 4.74 Å². The van der Waals surface area contributed by atoms with Crippen LogP contribution < -0.4 is 11.1 Å². The van der Waals surface area contributed by atoms with Crippen molar-refractivity contribution in [2.24, 2.45) is 5.73 Å². The van der Waals surface area contributed by atoms with Crippen LogP contribution in [0.1, 0.15) is 11.7 Å². The van der Waals surface area contributed by atoms with Crippen molar-refractivity contribution in [1.29, 1.82) is 0 Å². The van der Waals surface area contributed by atoms with Gasteiger partial charge in [-0.05, 0) is 17.7 Å². The van der Waals surface area contributed by atoms with E-state index in [1.54, 1.807) is 12.4 Å². The molecule has 17 heavy (non-hydrogen) atoms. The third kappa shape index (κ3) is 3.15. The lowest BCUT2D eigenvalue weighted by Gasteiger charge is -2.34. The molecule has 0 radical (unpaired) electrons. The molecule has 3 N–H and O–H groups in total. The highest BCUT2D eigenvalue weighted by Gasteiger charge is 2.23. The zero-order chi connectivity index (χ0) is 12.1. The molecule has 0 aromatic carbocycles. The number of urea groups is 1. The molecule has 2 heterocycles. The first kappa shape index (κ1) is 11.8. The maximum absolute atomic E-state index is 11.1. The molecule has 1 atom stereocenters. The van der Waals surface area contributed by atoms with Crippen molar-refractivity contribution in [2.75, 3.05) is 26.3 Å². The molecule has 1 aromatic heterocycles. The second-order valence-corrected chi connectivity index (χ2v) is 3.84. The Kier molecular flexibility index (Phi) is 3.89. The number of hydrogen-bond acceptors (Lipinski definition) is 4. The number of aromatic nitrogens is 1. The van der Waals surface area contributed by atoms with Gasteiger partial charge in [0, 0.05) is 25.5 Å². The van der Waals surface area contributed by atoms with Gasteiger partial charge in [0.1, 0.15) is 6.17 Å². The average molecular weight is 236 g/mol. The smallest absolute Gasteiger partial charge is 0.313 e. The second-order valence-electron chi connectivity index (χ2n) is 3.84. The Labute approximate surface area is 99.8 Å². The van der Waals surface area contributed by atoms with Gasteiger partial charge in [-0.1, -0.05) is 0 Å². The Balaban J connectivity index is 2.15. The lowest BCUT2D eigenvalue weighted by atomic mass is 10.2. The lowest BCUT2D eigenvalue weighted by molar-refractivity contribution is 0.0111. The van der Waals surface area contributed by atoms with E-state index in [0.29, 0.717) is 13.2 Å². The molecule has 1 aromatic rings. The van der Waals surface area contributed by atoms with Crippen molar-refractivity contribution < 1.29 is 9.53 Å². The summed E-state index contributed by atoms with van der Waals surface area (Å²) < 4.78 is 5.29. The highest BCUT2D eigenvalue weighted by Crippen LogP contribution is 2.18. The van der Waals surface area contributed by atoms with Crippen molar-refractivity contribution in [3.63, 3.8) is 0 Å². The van der Waals surface area contributed by atoms with Gasteiger partial charge >= 0.3 is 6.03 Å². The van der Waals surface area contributed by atoms with Crippen LogP contribution in [0.3, 0.4) is 0 Å². The number of rotatable bonds is 3. The van der Waals surface area contributed by atoms with Gasteiger partial charge in [0.2, 0.25) is 0 Å². The molecule has 1 saturated heterocycles. The number of pyridine rings is 1. The fraction of sp³-hybridized carbons (Fsp3) is 0.455. The van der Waals surface area contributed by atoms with Crippen molar-refractivity contribution in [2.45, 2.75) is 6.17 Å². The first-order valence-corrected chi connectivity index (χ1v) is 5.55. The topological polar surface area (TPSA) is 80.5 Å². The number of nitrogens with zero attached hydrogens (tertiary/aromatic N) is 2. The van der Waals surface area contributed by atoms with E-state index in [0.717, 1.165) is 18.7 Å². The predicted molar refractivity (Wildman–Crippen MR) is 62.1 cm³/mol. The number of primary amides is 1. The number of carbonyl (C=O) groups is 1. The van der Waals surface area contributed by atoms with Gasteiger partial charge in [-0.3, -0.25) is 9.88 Å². The van der Waals surface area contributed by atoms with Crippen molar-refractivity contribution in [3.8, 4) is 0 Å². The van der Waals surface area contributed by atoms with Gasteiger partial charge in [0.25, 0.3) is 0 Å². The third-order valence-electron chi connectivity index (χ3n) is 2.71. The van der Waals surface area contributed by atoms with E-state index in [1.807, 2.05) is 12.1 Å². The van der Waals surface area contributed by atoms with Gasteiger partial charge in [-0.2, -0.15) is 0 Å². The largest absolute Gasteiger partial charge is 0.379 e. The number of morpholine rings is 1. The van der Waals surface area contributed by atoms with Gasteiger partial charge in [-0.15, -0.1) is 0 Å². The summed E-state index contributed by atoms with van der Waals surface area (Å²) in [6.45, 7) is 2.88. The summed E-state index contributed by atoms with van der Waals surface area (Å²) in [6.07, 6.45) is 3.19. The van der Waals surface area contributed by atoms with Gasteiger partial charge in [0.05, 0.1) is 13.2 Å². The maximum Gasteiger partial charge on any atom is 0.313 e. The minimum atomic E-state index is -0.529. The summed E-state index contributed by atoms with van der Waals surface area (Å²) in [4.78, 5) is 17.2. The summed E-state index contributed by atoms with van der Waals surface area (Å²) >= 11 is 0. The number of nitrogens with one attached hydrogen (secondary N) is 1. The highest BCUT2D eigenvalue weighted by molar-refractivity contribution is 5.72. The maximum atomic E-state index is 11.1. The summed E-state index contributed by atoms with van der Waals surface area (Å²) in [6, 6.07) is 3.21. The Morgan fingerprint density at radius 3 is 2.65 bits per heavy atom. The molecule has 2 amide bonds. The summed E-state index contributed by atoms with van der Waals surface area (Å²) in [5.74, 6) is 0. The quantitative estimate of drug-likeness (QED) is 0.779. The van der Waals surface area contributed by atoms with Crippen molar-refractivity contribution in [1.82, 2.24) is 15.2 Å². The van der Waals surface area contributed by atoms with Crippen molar-refractivity contribution in [3.05, 3.63) is 30.1 Å². The van der Waals surface area contributed by atoms with E-state index >= 15 is 0 Å². The third-order valence-corrected chi connectivity index (χ3v) is 2.71. The van der Waals surface area contributed by atoms with Gasteiger partial charge < -0.3 is 15.8 Å². The molecular formula is C11H16N4O2. The molecule has 0 saturated carbocycles. The van der Waals surface area contributed by atoms with Crippen LogP contribution in [0.5, 0.6) is 0 Å². The molecule has 2 rings (SSSR count). The predicted octanol–water partition coefficient (Wildman–Crippen LogP) is 0.0807. The molecular weight excluding hydrogens is 220 g/mol. The molecule has 0 bridgehead atoms. The van der Waals surface area contributed by atoms with Crippen LogP contribution in [0.4, 0.5) is 4.79 Å². The standard InChI is InChI=1S/C11H16N4O2/c12-11(16)14-10(9-1-3-13-4-2-9)15-5-7-17-8-6-15/h1-4,10H,5-8H2,(H3,12,14,16).